The van der Waals surface area contributed by atoms with Crippen molar-refractivity contribution in [2.24, 2.45) is 0 Å². The van der Waals surface area contributed by atoms with Crippen molar-refractivity contribution in [3.63, 3.8) is 0 Å². The van der Waals surface area contributed by atoms with Crippen LogP contribution in [0.2, 0.25) is 0 Å². The number of benzene rings is 1. The van der Waals surface area contributed by atoms with Crippen LogP contribution in [-0.2, 0) is 15.0 Å². The van der Waals surface area contributed by atoms with Crippen molar-refractivity contribution in [1.29, 1.82) is 0 Å². The van der Waals surface area contributed by atoms with Gasteiger partial charge in [-0.3, -0.25) is 9.59 Å². The molecular weight excluding hydrogens is 332 g/mol. The Bertz CT molecular complexity index is 508. The summed E-state index contributed by atoms with van der Waals surface area (Å²) < 4.78 is 1.00. The second-order valence-corrected chi connectivity index (χ2v) is 6.35. The third-order valence-electron chi connectivity index (χ3n) is 4.07. The minimum atomic E-state index is -0.479. The van der Waals surface area contributed by atoms with Crippen LogP contribution in [0.5, 0.6) is 0 Å². The van der Waals surface area contributed by atoms with Crippen molar-refractivity contribution in [1.82, 2.24) is 10.6 Å². The van der Waals surface area contributed by atoms with Crippen molar-refractivity contribution in [2.45, 2.75) is 38.0 Å². The maximum absolute atomic E-state index is 12.7. The molecular formula is C16H21BrN2O2. The molecule has 2 rings (SSSR count). The van der Waals surface area contributed by atoms with Crippen molar-refractivity contribution in [3.05, 3.63) is 34.3 Å². The summed E-state index contributed by atoms with van der Waals surface area (Å²) in [7, 11) is 0. The molecule has 1 fully saturated rings. The summed E-state index contributed by atoms with van der Waals surface area (Å²) in [5.74, 6) is -0.177. The van der Waals surface area contributed by atoms with E-state index in [1.54, 1.807) is 0 Å². The SMILES string of the molecule is CCNC(=O)CNC(=O)C1(c2ccc(Br)cc2)CCCC1. The molecule has 0 aliphatic heterocycles. The Morgan fingerprint density at radius 1 is 1.14 bits per heavy atom. The monoisotopic (exact) mass is 352 g/mol. The molecule has 1 aliphatic rings. The van der Waals surface area contributed by atoms with E-state index in [1.165, 1.54) is 0 Å². The standard InChI is InChI=1S/C16H21BrN2O2/c1-2-18-14(20)11-19-15(21)16(9-3-4-10-16)12-5-7-13(17)8-6-12/h5-8H,2-4,9-11H2,1H3,(H,18,20)(H,19,21). The smallest absolute Gasteiger partial charge is 0.239 e. The predicted octanol–water partition coefficient (Wildman–Crippen LogP) is 2.51. The van der Waals surface area contributed by atoms with E-state index in [-0.39, 0.29) is 18.4 Å². The molecule has 0 spiro atoms. The van der Waals surface area contributed by atoms with E-state index in [2.05, 4.69) is 26.6 Å². The van der Waals surface area contributed by atoms with Crippen molar-refractivity contribution in [2.75, 3.05) is 13.1 Å². The molecule has 1 aliphatic carbocycles. The van der Waals surface area contributed by atoms with Crippen LogP contribution in [0.1, 0.15) is 38.2 Å². The van der Waals surface area contributed by atoms with Crippen LogP contribution in [0.4, 0.5) is 0 Å². The fourth-order valence-corrected chi connectivity index (χ4v) is 3.25. The van der Waals surface area contributed by atoms with Gasteiger partial charge in [0.1, 0.15) is 0 Å². The summed E-state index contributed by atoms with van der Waals surface area (Å²) >= 11 is 3.42. The number of hydrogen-bond acceptors (Lipinski definition) is 2. The number of amides is 2. The second kappa shape index (κ2) is 7.07. The Balaban J connectivity index is 2.12. The minimum absolute atomic E-state index is 0.0337. The lowest BCUT2D eigenvalue weighted by atomic mass is 9.78. The first-order valence-electron chi connectivity index (χ1n) is 7.39. The number of halogens is 1. The van der Waals surface area contributed by atoms with Gasteiger partial charge in [0, 0.05) is 11.0 Å². The Kier molecular flexibility index (Phi) is 5.39. The lowest BCUT2D eigenvalue weighted by Crippen LogP contribution is -2.46. The summed E-state index contributed by atoms with van der Waals surface area (Å²) in [6, 6.07) is 7.93. The predicted molar refractivity (Wildman–Crippen MR) is 86.0 cm³/mol. The fraction of sp³-hybridized carbons (Fsp3) is 0.500. The molecule has 2 N–H and O–H groups in total. The molecule has 0 saturated heterocycles. The summed E-state index contributed by atoms with van der Waals surface area (Å²) in [6.45, 7) is 2.48. The summed E-state index contributed by atoms with van der Waals surface area (Å²) in [5, 5.41) is 5.49. The number of carbonyl (C=O) groups is 2. The maximum atomic E-state index is 12.7. The van der Waals surface area contributed by atoms with Gasteiger partial charge in [0.2, 0.25) is 11.8 Å². The molecule has 0 unspecified atom stereocenters. The molecule has 1 aromatic rings. The highest BCUT2D eigenvalue weighted by molar-refractivity contribution is 9.10. The van der Waals surface area contributed by atoms with Crippen LogP contribution in [-0.4, -0.2) is 24.9 Å². The number of rotatable bonds is 5. The molecule has 0 atom stereocenters. The lowest BCUT2D eigenvalue weighted by molar-refractivity contribution is -0.129. The van der Waals surface area contributed by atoms with Gasteiger partial charge in [-0.05, 0) is 37.5 Å². The highest BCUT2D eigenvalue weighted by atomic mass is 79.9. The van der Waals surface area contributed by atoms with E-state index in [0.29, 0.717) is 6.54 Å². The van der Waals surface area contributed by atoms with Crippen molar-refractivity contribution < 1.29 is 9.59 Å². The van der Waals surface area contributed by atoms with Gasteiger partial charge in [-0.15, -0.1) is 0 Å². The number of hydrogen-bond donors (Lipinski definition) is 2. The molecule has 4 nitrogen and oxygen atoms in total. The molecule has 21 heavy (non-hydrogen) atoms. The largest absolute Gasteiger partial charge is 0.355 e. The third-order valence-corrected chi connectivity index (χ3v) is 4.60. The number of likely N-dealkylation sites (N-methyl/N-ethyl adjacent to an activating group) is 1. The van der Waals surface area contributed by atoms with Gasteiger partial charge in [-0.2, -0.15) is 0 Å². The van der Waals surface area contributed by atoms with E-state index in [0.717, 1.165) is 35.7 Å². The zero-order chi connectivity index (χ0) is 15.3. The molecule has 114 valence electrons. The van der Waals surface area contributed by atoms with E-state index in [4.69, 9.17) is 0 Å². The first-order chi connectivity index (χ1) is 10.1. The van der Waals surface area contributed by atoms with E-state index in [1.807, 2.05) is 31.2 Å². The average Bonchev–Trinajstić information content (AvgIpc) is 2.96. The molecule has 1 saturated carbocycles. The molecule has 0 bridgehead atoms. The Morgan fingerprint density at radius 2 is 1.76 bits per heavy atom. The molecule has 2 amide bonds. The first-order valence-corrected chi connectivity index (χ1v) is 8.19. The third kappa shape index (κ3) is 3.64. The Hall–Kier alpha value is -1.36. The van der Waals surface area contributed by atoms with Gasteiger partial charge in [0.05, 0.1) is 12.0 Å². The topological polar surface area (TPSA) is 58.2 Å². The maximum Gasteiger partial charge on any atom is 0.239 e. The molecule has 5 heteroatoms. The normalized spacial score (nSPS) is 16.5. The van der Waals surface area contributed by atoms with Crippen LogP contribution in [0, 0.1) is 0 Å². The van der Waals surface area contributed by atoms with Crippen LogP contribution >= 0.6 is 15.9 Å². The zero-order valence-corrected chi connectivity index (χ0v) is 13.8. The number of carbonyl (C=O) groups excluding carboxylic acids is 2. The lowest BCUT2D eigenvalue weighted by Gasteiger charge is -2.28. The zero-order valence-electron chi connectivity index (χ0n) is 12.2. The van der Waals surface area contributed by atoms with Crippen LogP contribution in [0.3, 0.4) is 0 Å². The Morgan fingerprint density at radius 3 is 2.33 bits per heavy atom. The highest BCUT2D eigenvalue weighted by Gasteiger charge is 2.42. The Labute approximate surface area is 133 Å². The summed E-state index contributed by atoms with van der Waals surface area (Å²) in [4.78, 5) is 24.2. The molecule has 1 aromatic carbocycles. The van der Waals surface area contributed by atoms with Crippen LogP contribution in [0.25, 0.3) is 0 Å². The van der Waals surface area contributed by atoms with Gasteiger partial charge >= 0.3 is 0 Å². The van der Waals surface area contributed by atoms with Gasteiger partial charge in [0.15, 0.2) is 0 Å². The van der Waals surface area contributed by atoms with E-state index in [9.17, 15) is 9.59 Å². The first kappa shape index (κ1) is 16.0. The van der Waals surface area contributed by atoms with Gasteiger partial charge in [-0.1, -0.05) is 40.9 Å². The quantitative estimate of drug-likeness (QED) is 0.855. The minimum Gasteiger partial charge on any atom is -0.355 e. The molecule has 0 aromatic heterocycles. The summed E-state index contributed by atoms with van der Waals surface area (Å²) in [5.41, 5.74) is 0.560. The van der Waals surface area contributed by atoms with Gasteiger partial charge in [0.25, 0.3) is 0 Å². The van der Waals surface area contributed by atoms with Crippen LogP contribution < -0.4 is 10.6 Å². The van der Waals surface area contributed by atoms with Crippen molar-refractivity contribution in [3.8, 4) is 0 Å². The van der Waals surface area contributed by atoms with Gasteiger partial charge in [-0.25, -0.2) is 0 Å². The second-order valence-electron chi connectivity index (χ2n) is 5.43. The average molecular weight is 353 g/mol. The van der Waals surface area contributed by atoms with E-state index >= 15 is 0 Å². The van der Waals surface area contributed by atoms with Crippen molar-refractivity contribution >= 4 is 27.7 Å². The highest BCUT2D eigenvalue weighted by Crippen LogP contribution is 2.41. The van der Waals surface area contributed by atoms with Crippen LogP contribution in [0.15, 0.2) is 28.7 Å². The summed E-state index contributed by atoms with van der Waals surface area (Å²) in [6.07, 6.45) is 3.78. The van der Waals surface area contributed by atoms with E-state index < -0.39 is 5.41 Å². The molecule has 0 heterocycles. The number of nitrogens with one attached hydrogen (secondary N) is 2. The molecule has 0 radical (unpaired) electrons. The van der Waals surface area contributed by atoms with Gasteiger partial charge < -0.3 is 10.6 Å². The fourth-order valence-electron chi connectivity index (χ4n) is 2.98.